The third-order valence-corrected chi connectivity index (χ3v) is 6.06. The molecule has 0 amide bonds. The van der Waals surface area contributed by atoms with Crippen LogP contribution in [0.4, 0.5) is 0 Å². The summed E-state index contributed by atoms with van der Waals surface area (Å²) in [6.45, 7) is 0. The summed E-state index contributed by atoms with van der Waals surface area (Å²) in [5.74, 6) is 4.98. The standard InChI is InChI=1S/C20H26N4/c1-4-17(14-18(5-1)20-23-12-3-13-24-20)15-6-8-16(9-7-15)19-21-10-2-11-22-19/h2-3,10-13,15-18H,1,4-9,14H2. The Labute approximate surface area is 144 Å². The van der Waals surface area contributed by atoms with Gasteiger partial charge in [-0.3, -0.25) is 0 Å². The molecule has 4 heteroatoms. The first-order chi connectivity index (χ1) is 11.9. The van der Waals surface area contributed by atoms with Gasteiger partial charge in [0, 0.05) is 36.6 Å². The van der Waals surface area contributed by atoms with Crippen molar-refractivity contribution < 1.29 is 0 Å². The zero-order valence-electron chi connectivity index (χ0n) is 14.2. The Kier molecular flexibility index (Phi) is 4.81. The lowest BCUT2D eigenvalue weighted by Crippen LogP contribution is -2.26. The van der Waals surface area contributed by atoms with Crippen LogP contribution in [0.5, 0.6) is 0 Å². The fourth-order valence-electron chi connectivity index (χ4n) is 4.78. The van der Waals surface area contributed by atoms with Crippen LogP contribution in [0, 0.1) is 11.8 Å². The number of nitrogens with zero attached hydrogens (tertiary/aromatic N) is 4. The van der Waals surface area contributed by atoms with E-state index in [-0.39, 0.29) is 0 Å². The van der Waals surface area contributed by atoms with Gasteiger partial charge in [0.25, 0.3) is 0 Å². The summed E-state index contributed by atoms with van der Waals surface area (Å²) in [6.07, 6.45) is 17.9. The van der Waals surface area contributed by atoms with Gasteiger partial charge in [-0.1, -0.05) is 12.8 Å². The van der Waals surface area contributed by atoms with Crippen LogP contribution in [0.2, 0.25) is 0 Å². The molecule has 0 aliphatic heterocycles. The van der Waals surface area contributed by atoms with Crippen LogP contribution in [0.25, 0.3) is 0 Å². The molecule has 0 radical (unpaired) electrons. The third-order valence-electron chi connectivity index (χ3n) is 6.06. The minimum atomic E-state index is 0.569. The van der Waals surface area contributed by atoms with Crippen LogP contribution in [0.3, 0.4) is 0 Å². The molecule has 0 saturated heterocycles. The summed E-state index contributed by atoms with van der Waals surface area (Å²) in [4.78, 5) is 17.9. The van der Waals surface area contributed by atoms with Gasteiger partial charge in [0.05, 0.1) is 0 Å². The van der Waals surface area contributed by atoms with E-state index in [2.05, 4.69) is 19.9 Å². The van der Waals surface area contributed by atoms with Crippen molar-refractivity contribution in [2.24, 2.45) is 11.8 Å². The average molecular weight is 322 g/mol. The molecule has 126 valence electrons. The zero-order chi connectivity index (χ0) is 16.2. The molecule has 0 spiro atoms. The highest BCUT2D eigenvalue weighted by Crippen LogP contribution is 2.45. The molecule has 2 saturated carbocycles. The summed E-state index contributed by atoms with van der Waals surface area (Å²) in [7, 11) is 0. The molecule has 2 aliphatic rings. The number of aromatic nitrogens is 4. The molecule has 2 heterocycles. The molecule has 2 aromatic heterocycles. The number of hydrogen-bond acceptors (Lipinski definition) is 4. The van der Waals surface area contributed by atoms with Gasteiger partial charge < -0.3 is 0 Å². The van der Waals surface area contributed by atoms with Gasteiger partial charge in [-0.15, -0.1) is 0 Å². The Morgan fingerprint density at radius 3 is 1.79 bits per heavy atom. The van der Waals surface area contributed by atoms with Crippen molar-refractivity contribution in [1.29, 1.82) is 0 Å². The van der Waals surface area contributed by atoms with Gasteiger partial charge in [0.1, 0.15) is 11.6 Å². The number of rotatable bonds is 3. The Hall–Kier alpha value is -1.84. The maximum atomic E-state index is 4.51. The lowest BCUT2D eigenvalue weighted by atomic mass is 9.68. The molecule has 4 rings (SSSR count). The van der Waals surface area contributed by atoms with E-state index in [0.717, 1.165) is 23.5 Å². The Balaban J connectivity index is 1.35. The molecule has 2 aliphatic carbocycles. The van der Waals surface area contributed by atoms with Crippen LogP contribution < -0.4 is 0 Å². The predicted octanol–water partition coefficient (Wildman–Crippen LogP) is 4.51. The van der Waals surface area contributed by atoms with Gasteiger partial charge >= 0.3 is 0 Å². The lowest BCUT2D eigenvalue weighted by molar-refractivity contribution is 0.170. The molecule has 0 bridgehead atoms. The van der Waals surface area contributed by atoms with Crippen LogP contribution in [0.1, 0.15) is 74.9 Å². The highest BCUT2D eigenvalue weighted by molar-refractivity contribution is 5.02. The second-order valence-electron chi connectivity index (χ2n) is 7.45. The first-order valence-electron chi connectivity index (χ1n) is 9.44. The molecular weight excluding hydrogens is 296 g/mol. The quantitative estimate of drug-likeness (QED) is 0.834. The van der Waals surface area contributed by atoms with Crippen molar-refractivity contribution >= 4 is 0 Å². The summed E-state index contributed by atoms with van der Waals surface area (Å²) in [6, 6.07) is 3.82. The van der Waals surface area contributed by atoms with Crippen LogP contribution in [-0.2, 0) is 0 Å². The van der Waals surface area contributed by atoms with Crippen molar-refractivity contribution in [2.75, 3.05) is 0 Å². The Morgan fingerprint density at radius 1 is 0.583 bits per heavy atom. The van der Waals surface area contributed by atoms with E-state index in [1.165, 1.54) is 51.4 Å². The van der Waals surface area contributed by atoms with E-state index in [1.807, 2.05) is 36.9 Å². The van der Waals surface area contributed by atoms with Gasteiger partial charge in [-0.05, 0) is 62.5 Å². The molecule has 2 atom stereocenters. The summed E-state index contributed by atoms with van der Waals surface area (Å²) < 4.78 is 0. The van der Waals surface area contributed by atoms with Crippen LogP contribution in [-0.4, -0.2) is 19.9 Å². The first kappa shape index (κ1) is 15.7. The van der Waals surface area contributed by atoms with Gasteiger partial charge in [-0.2, -0.15) is 0 Å². The van der Waals surface area contributed by atoms with Crippen LogP contribution in [0.15, 0.2) is 36.9 Å². The maximum Gasteiger partial charge on any atom is 0.131 e. The van der Waals surface area contributed by atoms with E-state index in [9.17, 15) is 0 Å². The Bertz CT molecular complexity index is 623. The lowest BCUT2D eigenvalue weighted by Gasteiger charge is -2.37. The molecule has 0 N–H and O–H groups in total. The molecule has 24 heavy (non-hydrogen) atoms. The highest BCUT2D eigenvalue weighted by Gasteiger charge is 2.33. The maximum absolute atomic E-state index is 4.51. The normalized spacial score (nSPS) is 30.8. The molecule has 2 unspecified atom stereocenters. The van der Waals surface area contributed by atoms with Crippen molar-refractivity contribution in [3.63, 3.8) is 0 Å². The van der Waals surface area contributed by atoms with Gasteiger partial charge in [-0.25, -0.2) is 19.9 Å². The number of hydrogen-bond donors (Lipinski definition) is 0. The average Bonchev–Trinajstić information content (AvgIpc) is 2.70. The highest BCUT2D eigenvalue weighted by atomic mass is 14.9. The van der Waals surface area contributed by atoms with Crippen LogP contribution >= 0.6 is 0 Å². The molecule has 4 nitrogen and oxygen atoms in total. The van der Waals surface area contributed by atoms with Crippen molar-refractivity contribution in [1.82, 2.24) is 19.9 Å². The summed E-state index contributed by atoms with van der Waals surface area (Å²) in [5, 5.41) is 0. The van der Waals surface area contributed by atoms with E-state index >= 15 is 0 Å². The fourth-order valence-corrected chi connectivity index (χ4v) is 4.78. The molecule has 2 fully saturated rings. The molecule has 0 aromatic carbocycles. The summed E-state index contributed by atoms with van der Waals surface area (Å²) in [5.41, 5.74) is 0. The monoisotopic (exact) mass is 322 g/mol. The third kappa shape index (κ3) is 3.47. The predicted molar refractivity (Wildman–Crippen MR) is 93.5 cm³/mol. The fraction of sp³-hybridized carbons (Fsp3) is 0.600. The van der Waals surface area contributed by atoms with E-state index in [0.29, 0.717) is 11.8 Å². The molecular formula is C20H26N4. The SMILES string of the molecule is c1cnc(C2CCC(C3CCCC(c4ncccn4)C3)CC2)nc1. The smallest absolute Gasteiger partial charge is 0.131 e. The van der Waals surface area contributed by atoms with Crippen molar-refractivity contribution in [3.05, 3.63) is 48.6 Å². The Morgan fingerprint density at radius 2 is 1.17 bits per heavy atom. The van der Waals surface area contributed by atoms with E-state index < -0.39 is 0 Å². The minimum Gasteiger partial charge on any atom is -0.241 e. The second kappa shape index (κ2) is 7.37. The van der Waals surface area contributed by atoms with Crippen molar-refractivity contribution in [2.45, 2.75) is 63.2 Å². The largest absolute Gasteiger partial charge is 0.241 e. The minimum absolute atomic E-state index is 0.569. The zero-order valence-corrected chi connectivity index (χ0v) is 14.2. The van der Waals surface area contributed by atoms with E-state index in [1.54, 1.807) is 0 Å². The first-order valence-corrected chi connectivity index (χ1v) is 9.44. The summed E-state index contributed by atoms with van der Waals surface area (Å²) >= 11 is 0. The molecule has 2 aromatic rings. The van der Waals surface area contributed by atoms with Crippen molar-refractivity contribution in [3.8, 4) is 0 Å². The van der Waals surface area contributed by atoms with Gasteiger partial charge in [0.2, 0.25) is 0 Å². The van der Waals surface area contributed by atoms with Gasteiger partial charge in [0.15, 0.2) is 0 Å². The second-order valence-corrected chi connectivity index (χ2v) is 7.45. The van der Waals surface area contributed by atoms with E-state index in [4.69, 9.17) is 0 Å². The topological polar surface area (TPSA) is 51.6 Å².